The Balaban J connectivity index is 1.22. The second-order valence-corrected chi connectivity index (χ2v) is 13.2. The minimum atomic E-state index is -1.24. The Morgan fingerprint density at radius 1 is 1.08 bits per heavy atom. The fourth-order valence-corrected chi connectivity index (χ4v) is 9.69. The predicted octanol–water partition coefficient (Wildman–Crippen LogP) is 2.10. The van der Waals surface area contributed by atoms with Crippen LogP contribution in [-0.2, 0) is 19.0 Å². The molecule has 12 unspecified atom stereocenters. The number of fused-ring (bicyclic) bond motifs is 5. The molecular formula is C29H41NO8. The molecular weight excluding hydrogens is 490 g/mol. The summed E-state index contributed by atoms with van der Waals surface area (Å²) >= 11 is 0. The molecule has 5 fully saturated rings. The molecule has 6 aliphatic rings. The zero-order valence-electron chi connectivity index (χ0n) is 22.3. The van der Waals surface area contributed by atoms with Crippen molar-refractivity contribution in [2.45, 2.75) is 120 Å². The van der Waals surface area contributed by atoms with Gasteiger partial charge < -0.3 is 34.6 Å². The monoisotopic (exact) mass is 531 g/mol. The van der Waals surface area contributed by atoms with Crippen LogP contribution in [-0.4, -0.2) is 74.9 Å². The molecule has 2 heterocycles. The van der Waals surface area contributed by atoms with Crippen molar-refractivity contribution in [3.05, 3.63) is 11.6 Å². The fraction of sp³-hybridized carbons (Fsp3) is 0.862. The Kier molecular flexibility index (Phi) is 6.31. The van der Waals surface area contributed by atoms with E-state index in [-0.39, 0.29) is 36.2 Å². The zero-order valence-corrected chi connectivity index (χ0v) is 22.3. The summed E-state index contributed by atoms with van der Waals surface area (Å²) in [5.41, 5.74) is -2.59. The van der Waals surface area contributed by atoms with Gasteiger partial charge in [-0.15, -0.1) is 0 Å². The smallest absolute Gasteiger partial charge is 0.331 e. The van der Waals surface area contributed by atoms with Crippen molar-refractivity contribution in [1.29, 1.82) is 5.26 Å². The van der Waals surface area contributed by atoms with Crippen LogP contribution in [0.15, 0.2) is 11.6 Å². The predicted molar refractivity (Wildman–Crippen MR) is 133 cm³/mol. The summed E-state index contributed by atoms with van der Waals surface area (Å²) in [7, 11) is 0. The lowest BCUT2D eigenvalue weighted by Crippen LogP contribution is -2.68. The molecule has 2 aliphatic heterocycles. The van der Waals surface area contributed by atoms with Crippen molar-refractivity contribution in [1.82, 2.24) is 0 Å². The highest BCUT2D eigenvalue weighted by Crippen LogP contribution is 2.70. The Morgan fingerprint density at radius 2 is 1.84 bits per heavy atom. The molecule has 9 nitrogen and oxygen atoms in total. The lowest BCUT2D eigenvalue weighted by molar-refractivity contribution is -0.284. The van der Waals surface area contributed by atoms with Gasteiger partial charge in [0.15, 0.2) is 6.29 Å². The molecule has 0 aromatic carbocycles. The first-order valence-electron chi connectivity index (χ1n) is 14.4. The summed E-state index contributed by atoms with van der Waals surface area (Å²) < 4.78 is 17.2. The summed E-state index contributed by atoms with van der Waals surface area (Å²) in [4.78, 5) is 11.8. The fourth-order valence-electron chi connectivity index (χ4n) is 9.69. The first kappa shape index (κ1) is 26.7. The van der Waals surface area contributed by atoms with E-state index in [1.807, 2.05) is 0 Å². The van der Waals surface area contributed by atoms with Crippen LogP contribution >= 0.6 is 0 Å². The molecule has 0 aromatic heterocycles. The number of carbonyl (C=O) groups is 1. The quantitative estimate of drug-likeness (QED) is 0.317. The minimum absolute atomic E-state index is 0.0784. The molecule has 4 saturated carbocycles. The lowest BCUT2D eigenvalue weighted by atomic mass is 9.41. The number of rotatable bonds is 3. The van der Waals surface area contributed by atoms with Crippen LogP contribution in [0.4, 0.5) is 0 Å². The highest BCUT2D eigenvalue weighted by molar-refractivity contribution is 5.85. The average molecular weight is 532 g/mol. The number of aliphatic hydroxyl groups excluding tert-OH is 2. The first-order valence-corrected chi connectivity index (χ1v) is 14.4. The number of nitriles is 1. The number of aliphatic hydroxyl groups is 4. The van der Waals surface area contributed by atoms with Gasteiger partial charge in [-0.05, 0) is 81.6 Å². The van der Waals surface area contributed by atoms with Gasteiger partial charge in [-0.25, -0.2) is 4.79 Å². The molecule has 0 aromatic rings. The standard InChI is InChI=1S/C29H41NO8/c1-16-25(33)22(31)12-24(37-16)38-18-3-8-27(15-30)20-4-7-26(2)19(17-11-23(32)36-14-17)6-10-29(26,35)21(20)5-9-28(27,34)13-18/h11,16,18-22,24-25,31,33-35H,3-10,12-14H2,1-2H3. The van der Waals surface area contributed by atoms with E-state index in [1.54, 1.807) is 13.0 Å². The van der Waals surface area contributed by atoms with E-state index in [2.05, 4.69) is 13.0 Å². The largest absolute Gasteiger partial charge is 0.458 e. The van der Waals surface area contributed by atoms with Crippen molar-refractivity contribution in [3.63, 3.8) is 0 Å². The molecule has 0 amide bonds. The molecule has 9 heteroatoms. The van der Waals surface area contributed by atoms with Crippen LogP contribution in [0, 0.1) is 39.9 Å². The van der Waals surface area contributed by atoms with E-state index < -0.39 is 46.6 Å². The average Bonchev–Trinajstić information content (AvgIpc) is 3.41. The first-order chi connectivity index (χ1) is 18.0. The Morgan fingerprint density at radius 3 is 2.53 bits per heavy atom. The van der Waals surface area contributed by atoms with E-state index in [0.29, 0.717) is 45.1 Å². The molecule has 38 heavy (non-hydrogen) atoms. The van der Waals surface area contributed by atoms with Gasteiger partial charge in [-0.1, -0.05) is 6.92 Å². The second kappa shape index (κ2) is 8.98. The van der Waals surface area contributed by atoms with Crippen molar-refractivity contribution in [2.24, 2.45) is 28.6 Å². The van der Waals surface area contributed by atoms with Crippen LogP contribution in [0.2, 0.25) is 0 Å². The summed E-state index contributed by atoms with van der Waals surface area (Å²) in [6.45, 7) is 4.14. The van der Waals surface area contributed by atoms with E-state index in [4.69, 9.17) is 14.2 Å². The number of esters is 1. The van der Waals surface area contributed by atoms with Crippen molar-refractivity contribution in [2.75, 3.05) is 6.61 Å². The lowest BCUT2D eigenvalue weighted by Gasteiger charge is -2.64. The van der Waals surface area contributed by atoms with Crippen molar-refractivity contribution < 1.29 is 39.4 Å². The van der Waals surface area contributed by atoms with Crippen LogP contribution in [0.5, 0.6) is 0 Å². The highest BCUT2D eigenvalue weighted by Gasteiger charge is 2.72. The van der Waals surface area contributed by atoms with Crippen LogP contribution in [0.1, 0.15) is 78.1 Å². The minimum Gasteiger partial charge on any atom is -0.458 e. The molecule has 4 N–H and O–H groups in total. The Bertz CT molecular complexity index is 1050. The molecule has 12 atom stereocenters. The van der Waals surface area contributed by atoms with Gasteiger partial charge in [-0.2, -0.15) is 5.26 Å². The maximum atomic E-state index is 12.4. The summed E-state index contributed by atoms with van der Waals surface area (Å²) in [6, 6.07) is 2.59. The molecule has 6 rings (SSSR count). The summed E-state index contributed by atoms with van der Waals surface area (Å²) in [5.74, 6) is -0.449. The number of ether oxygens (including phenoxy) is 3. The number of nitrogens with zero attached hydrogens (tertiary/aromatic N) is 1. The third-order valence-corrected chi connectivity index (χ3v) is 11.8. The van der Waals surface area contributed by atoms with Crippen molar-refractivity contribution >= 4 is 5.97 Å². The molecule has 0 spiro atoms. The number of cyclic esters (lactones) is 1. The Hall–Kier alpha value is -1.54. The number of hydrogen-bond donors (Lipinski definition) is 4. The van der Waals surface area contributed by atoms with E-state index in [0.717, 1.165) is 24.8 Å². The van der Waals surface area contributed by atoms with E-state index in [1.165, 1.54) is 0 Å². The maximum Gasteiger partial charge on any atom is 0.331 e. The van der Waals surface area contributed by atoms with Crippen LogP contribution in [0.3, 0.4) is 0 Å². The maximum absolute atomic E-state index is 12.4. The zero-order chi connectivity index (χ0) is 27.1. The topological polar surface area (TPSA) is 149 Å². The van der Waals surface area contributed by atoms with Crippen molar-refractivity contribution in [3.8, 4) is 6.07 Å². The Labute approximate surface area is 223 Å². The van der Waals surface area contributed by atoms with Crippen LogP contribution < -0.4 is 0 Å². The normalized spacial score (nSPS) is 54.2. The van der Waals surface area contributed by atoms with Gasteiger partial charge in [0, 0.05) is 24.3 Å². The SMILES string of the molecule is CC1OC(OC2CCC3(C#N)C4CCC5(C)C(C6=CC(=O)OC6)CCC5(O)C4CCC3(O)C2)CC(O)C1O. The molecule has 0 bridgehead atoms. The number of hydrogen-bond acceptors (Lipinski definition) is 9. The summed E-state index contributed by atoms with van der Waals surface area (Å²) in [6.07, 6.45) is 3.63. The molecule has 1 saturated heterocycles. The van der Waals surface area contributed by atoms with Gasteiger partial charge in [0.25, 0.3) is 0 Å². The number of carbonyl (C=O) groups excluding carboxylic acids is 1. The second-order valence-electron chi connectivity index (χ2n) is 13.2. The molecule has 210 valence electrons. The van der Waals surface area contributed by atoms with Gasteiger partial charge in [0.2, 0.25) is 0 Å². The van der Waals surface area contributed by atoms with Gasteiger partial charge >= 0.3 is 5.97 Å². The van der Waals surface area contributed by atoms with Gasteiger partial charge in [0.1, 0.15) is 12.7 Å². The van der Waals surface area contributed by atoms with E-state index in [9.17, 15) is 30.5 Å². The van der Waals surface area contributed by atoms with Gasteiger partial charge in [-0.3, -0.25) is 0 Å². The third-order valence-electron chi connectivity index (χ3n) is 11.8. The van der Waals surface area contributed by atoms with Crippen LogP contribution in [0.25, 0.3) is 0 Å². The van der Waals surface area contributed by atoms with Gasteiger partial charge in [0.05, 0.1) is 41.0 Å². The highest BCUT2D eigenvalue weighted by atomic mass is 16.7. The summed E-state index contributed by atoms with van der Waals surface area (Å²) in [5, 5.41) is 55.2. The molecule has 4 aliphatic carbocycles. The third kappa shape index (κ3) is 3.60. The molecule has 0 radical (unpaired) electrons. The van der Waals surface area contributed by atoms with E-state index >= 15 is 0 Å².